The Morgan fingerprint density at radius 3 is 2.77 bits per heavy atom. The maximum absolute atomic E-state index is 13.5. The summed E-state index contributed by atoms with van der Waals surface area (Å²) in [4.78, 5) is 19.4. The van der Waals surface area contributed by atoms with Gasteiger partial charge in [0.25, 0.3) is 5.91 Å². The minimum atomic E-state index is -0.0267. The van der Waals surface area contributed by atoms with Gasteiger partial charge in [0, 0.05) is 17.3 Å². The van der Waals surface area contributed by atoms with Gasteiger partial charge < -0.3 is 15.6 Å². The molecule has 0 saturated carbocycles. The normalized spacial score (nSPS) is 15.8. The lowest BCUT2D eigenvalue weighted by Gasteiger charge is -2.26. The van der Waals surface area contributed by atoms with Crippen LogP contribution in [0, 0.1) is 0 Å². The molecule has 0 aliphatic heterocycles. The van der Waals surface area contributed by atoms with E-state index in [1.54, 1.807) is 0 Å². The zero-order chi connectivity index (χ0) is 24.0. The smallest absolute Gasteiger partial charge is 0.269 e. The van der Waals surface area contributed by atoms with Crippen LogP contribution < -0.4 is 15.9 Å². The monoisotopic (exact) mass is 484 g/mol. The summed E-state index contributed by atoms with van der Waals surface area (Å²) in [6, 6.07) is 23.0. The fraction of sp³-hybridized carbons (Fsp3) is 0.310. The highest BCUT2D eigenvalue weighted by atomic mass is 32.1. The first-order chi connectivity index (χ1) is 17.2. The molecule has 4 aromatic rings. The third kappa shape index (κ3) is 5.24. The van der Waals surface area contributed by atoms with Gasteiger partial charge >= 0.3 is 0 Å². The van der Waals surface area contributed by atoms with Gasteiger partial charge in [-0.05, 0) is 61.2 Å². The summed E-state index contributed by atoms with van der Waals surface area (Å²) in [6.07, 6.45) is 6.12. The van der Waals surface area contributed by atoms with Crippen LogP contribution in [-0.2, 0) is 13.0 Å². The number of hydrogen-bond donors (Lipinski definition) is 2. The highest BCUT2D eigenvalue weighted by Gasteiger charge is 2.23. The fourth-order valence-corrected chi connectivity index (χ4v) is 5.87. The number of amides is 1. The second-order valence-corrected chi connectivity index (χ2v) is 9.97. The Morgan fingerprint density at radius 1 is 1.03 bits per heavy atom. The van der Waals surface area contributed by atoms with Crippen molar-refractivity contribution in [3.63, 3.8) is 0 Å². The summed E-state index contributed by atoms with van der Waals surface area (Å²) in [5.74, 6) is -0.0267. The lowest BCUT2D eigenvalue weighted by atomic mass is 9.88. The Balaban J connectivity index is 1.48. The quantitative estimate of drug-likeness (QED) is 0.307. The predicted molar refractivity (Wildman–Crippen MR) is 144 cm³/mol. The van der Waals surface area contributed by atoms with Crippen molar-refractivity contribution in [1.82, 2.24) is 9.88 Å². The maximum atomic E-state index is 13.5. The van der Waals surface area contributed by atoms with Crippen molar-refractivity contribution in [3.05, 3.63) is 93.7 Å². The van der Waals surface area contributed by atoms with Crippen LogP contribution in [0.4, 0.5) is 5.69 Å². The third-order valence-corrected chi connectivity index (χ3v) is 7.64. The van der Waals surface area contributed by atoms with Crippen LogP contribution in [0.3, 0.4) is 0 Å². The second kappa shape index (κ2) is 11.0. The van der Waals surface area contributed by atoms with Gasteiger partial charge in [-0.3, -0.25) is 4.79 Å². The van der Waals surface area contributed by atoms with E-state index in [-0.39, 0.29) is 11.9 Å². The van der Waals surface area contributed by atoms with E-state index in [1.807, 2.05) is 29.6 Å². The molecule has 0 fully saturated rings. The number of rotatable bonds is 8. The number of carbonyl (C=O) groups is 1. The molecule has 1 aliphatic rings. The molecule has 1 aromatic heterocycles. The number of fused-ring (bicyclic) bond motifs is 2. The molecule has 3 aromatic carbocycles. The third-order valence-electron chi connectivity index (χ3n) is 6.77. The van der Waals surface area contributed by atoms with E-state index in [2.05, 4.69) is 52.3 Å². The number of thiazole rings is 1. The molecule has 0 spiro atoms. The maximum Gasteiger partial charge on any atom is 0.269 e. The summed E-state index contributed by atoms with van der Waals surface area (Å²) >= 11 is 1.53. The highest BCUT2D eigenvalue weighted by Crippen LogP contribution is 2.30. The zero-order valence-electron chi connectivity index (χ0n) is 20.0. The first-order valence-corrected chi connectivity index (χ1v) is 13.4. The summed E-state index contributed by atoms with van der Waals surface area (Å²) in [7, 11) is 0. The highest BCUT2D eigenvalue weighted by molar-refractivity contribution is 7.07. The summed E-state index contributed by atoms with van der Waals surface area (Å²) in [5, 5.41) is 7.56. The molecule has 35 heavy (non-hydrogen) atoms. The number of nitrogens with zero attached hydrogens (tertiary/aromatic N) is 2. The first kappa shape index (κ1) is 23.5. The average Bonchev–Trinajstić information content (AvgIpc) is 3.29. The van der Waals surface area contributed by atoms with E-state index < -0.39 is 0 Å². The molecule has 0 bridgehead atoms. The van der Waals surface area contributed by atoms with E-state index in [4.69, 9.17) is 10.7 Å². The number of unbranched alkanes of at least 4 members (excludes halogenated alkanes) is 2. The number of hydrogen-bond acceptors (Lipinski definition) is 4. The van der Waals surface area contributed by atoms with Crippen molar-refractivity contribution in [3.8, 4) is 0 Å². The van der Waals surface area contributed by atoms with Crippen molar-refractivity contribution in [2.24, 2.45) is 10.7 Å². The Bertz CT molecular complexity index is 1380. The minimum Gasteiger partial charge on any atom is -0.344 e. The molecular formula is C29H32N4OS. The number of nitrogens with two attached hydrogens (primary N) is 1. The van der Waals surface area contributed by atoms with Crippen LogP contribution >= 0.6 is 11.3 Å². The molecule has 3 N–H and O–H groups in total. The van der Waals surface area contributed by atoms with Gasteiger partial charge in [-0.2, -0.15) is 0 Å². The van der Waals surface area contributed by atoms with Crippen LogP contribution in [0.25, 0.3) is 10.8 Å². The summed E-state index contributed by atoms with van der Waals surface area (Å²) in [5.41, 5.74) is 9.91. The van der Waals surface area contributed by atoms with E-state index in [9.17, 15) is 4.79 Å². The van der Waals surface area contributed by atoms with Crippen molar-refractivity contribution in [1.29, 1.82) is 0 Å². The molecule has 1 unspecified atom stereocenters. The van der Waals surface area contributed by atoms with E-state index in [0.717, 1.165) is 66.3 Å². The largest absolute Gasteiger partial charge is 0.344 e. The molecule has 1 atom stereocenters. The van der Waals surface area contributed by atoms with Crippen molar-refractivity contribution in [2.45, 2.75) is 51.1 Å². The Labute approximate surface area is 210 Å². The van der Waals surface area contributed by atoms with Crippen LogP contribution in [-0.4, -0.2) is 17.0 Å². The molecule has 1 aliphatic carbocycles. The average molecular weight is 485 g/mol. The first-order valence-electron chi connectivity index (χ1n) is 12.5. The predicted octanol–water partition coefficient (Wildman–Crippen LogP) is 5.87. The lowest BCUT2D eigenvalue weighted by Crippen LogP contribution is -2.33. The Hall–Kier alpha value is -3.22. The van der Waals surface area contributed by atoms with Gasteiger partial charge in [0.2, 0.25) is 0 Å². The molecule has 5 nitrogen and oxygen atoms in total. The molecule has 0 radical (unpaired) electrons. The van der Waals surface area contributed by atoms with Gasteiger partial charge in [-0.1, -0.05) is 67.1 Å². The summed E-state index contributed by atoms with van der Waals surface area (Å²) < 4.78 is 2.09. The van der Waals surface area contributed by atoms with E-state index in [0.29, 0.717) is 12.2 Å². The van der Waals surface area contributed by atoms with E-state index in [1.165, 1.54) is 22.5 Å². The standard InChI is InChI=1S/C29H32N4OS/c30-18-6-1-7-19-33-27(28(34)31-25-16-8-12-21-10-2-4-14-23(21)25)20-35-29(33)32-26-17-9-13-22-11-3-5-15-24(22)26/h2-5,9-11,13-15,17,20,25H,1,6-8,12,16,18-19,30H2,(H,31,34). The van der Waals surface area contributed by atoms with Gasteiger partial charge in [0.05, 0.1) is 11.7 Å². The molecule has 180 valence electrons. The zero-order valence-corrected chi connectivity index (χ0v) is 20.8. The SMILES string of the molecule is NCCCCCn1c(C(=O)NC2CCCc3ccccc32)csc1=Nc1cccc2ccccc12. The van der Waals surface area contributed by atoms with Gasteiger partial charge in [-0.15, -0.1) is 11.3 Å². The van der Waals surface area contributed by atoms with Crippen molar-refractivity contribution >= 4 is 33.7 Å². The van der Waals surface area contributed by atoms with E-state index >= 15 is 0 Å². The number of nitrogens with one attached hydrogen (secondary N) is 1. The number of carbonyl (C=O) groups excluding carboxylic acids is 1. The number of benzene rings is 3. The molecule has 0 saturated heterocycles. The summed E-state index contributed by atoms with van der Waals surface area (Å²) in [6.45, 7) is 1.44. The van der Waals surface area contributed by atoms with Crippen LogP contribution in [0.2, 0.25) is 0 Å². The van der Waals surface area contributed by atoms with Crippen molar-refractivity contribution in [2.75, 3.05) is 6.54 Å². The van der Waals surface area contributed by atoms with Gasteiger partial charge in [0.1, 0.15) is 5.69 Å². The number of aryl methyl sites for hydroxylation is 1. The van der Waals surface area contributed by atoms with Gasteiger partial charge in [-0.25, -0.2) is 4.99 Å². The topological polar surface area (TPSA) is 72.4 Å². The molecule has 5 rings (SSSR count). The Kier molecular flexibility index (Phi) is 7.40. The van der Waals surface area contributed by atoms with Gasteiger partial charge in [0.15, 0.2) is 4.80 Å². The van der Waals surface area contributed by atoms with Crippen LogP contribution in [0.15, 0.2) is 77.1 Å². The molecule has 1 amide bonds. The lowest BCUT2D eigenvalue weighted by molar-refractivity contribution is 0.0922. The minimum absolute atomic E-state index is 0.0267. The Morgan fingerprint density at radius 2 is 1.86 bits per heavy atom. The second-order valence-electron chi connectivity index (χ2n) is 9.13. The van der Waals surface area contributed by atoms with Crippen molar-refractivity contribution < 1.29 is 4.79 Å². The van der Waals surface area contributed by atoms with Crippen LogP contribution in [0.1, 0.15) is 59.8 Å². The molecule has 1 heterocycles. The molecule has 6 heteroatoms. The fourth-order valence-electron chi connectivity index (χ4n) is 4.95. The number of aromatic nitrogens is 1. The molecular weight excluding hydrogens is 452 g/mol. The van der Waals surface area contributed by atoms with Crippen LogP contribution in [0.5, 0.6) is 0 Å².